The maximum atomic E-state index is 8.30. The molecule has 0 fully saturated rings. The molecule has 1 aromatic carbocycles. The number of nitrogens with one attached hydrogen (secondary N) is 2. The van der Waals surface area contributed by atoms with Crippen molar-refractivity contribution < 1.29 is 6.63 Å². The molecule has 0 unspecified atom stereocenters. The molecule has 1 heterocycles. The van der Waals surface area contributed by atoms with Gasteiger partial charge < -0.3 is 16.3 Å². The van der Waals surface area contributed by atoms with Crippen LogP contribution < -0.4 is 16.5 Å². The van der Waals surface area contributed by atoms with Gasteiger partial charge >= 0.3 is 0 Å². The van der Waals surface area contributed by atoms with E-state index in [-0.39, 0.29) is 6.84 Å². The topological polar surface area (TPSA) is 83.2 Å². The van der Waals surface area contributed by atoms with Crippen molar-refractivity contribution in [2.24, 2.45) is 0 Å². The van der Waals surface area contributed by atoms with Gasteiger partial charge in [-0.25, -0.2) is 10.5 Å². The molecule has 2 aromatic rings. The van der Waals surface area contributed by atoms with E-state index in [9.17, 15) is 0 Å². The summed E-state index contributed by atoms with van der Waals surface area (Å²) in [6.45, 7) is 17.7. The second-order valence-electron chi connectivity index (χ2n) is 6.38. The van der Waals surface area contributed by atoms with Gasteiger partial charge in [0.25, 0.3) is 0 Å². The SMILES string of the molecule is CC.CC.CC(C)(C)c1ccc(N)cc1.Cc1cccnc1NCCNO.[HH]. The normalized spacial score (nSPS) is 9.52. The smallest absolute Gasteiger partial charge is 0.128 e. The number of nitrogens with zero attached hydrogens (tertiary/aromatic N) is 1. The number of benzene rings is 1. The van der Waals surface area contributed by atoms with E-state index >= 15 is 0 Å². The number of pyridine rings is 1. The van der Waals surface area contributed by atoms with Crippen LogP contribution in [0.5, 0.6) is 0 Å². The first-order valence-electron chi connectivity index (χ1n) is 9.73. The van der Waals surface area contributed by atoms with Crippen molar-refractivity contribution in [2.45, 2.75) is 60.8 Å². The molecule has 0 bridgehead atoms. The standard InChI is InChI=1S/C10H15N.C8H13N3O.2C2H6.H2/c1-10(2,3)8-4-6-9(11)7-5-8;1-7-3-2-4-9-8(7)10-5-6-11-12;2*1-2;/h4-7H,11H2,1-3H3;2-4,11-12H,5-6H2,1H3,(H,9,10);2*1-2H3;1H. The molecule has 0 amide bonds. The Morgan fingerprint density at radius 2 is 1.56 bits per heavy atom. The van der Waals surface area contributed by atoms with Crippen LogP contribution in [0, 0.1) is 6.92 Å². The van der Waals surface area contributed by atoms with Crippen LogP contribution >= 0.6 is 0 Å². The molecule has 0 atom stereocenters. The fourth-order valence-electron chi connectivity index (χ4n) is 1.89. The summed E-state index contributed by atoms with van der Waals surface area (Å²) in [6.07, 6.45) is 1.74. The first kappa shape index (κ1) is 27.1. The Bertz CT molecular complexity index is 584. The lowest BCUT2D eigenvalue weighted by Gasteiger charge is -2.18. The number of rotatable bonds is 4. The summed E-state index contributed by atoms with van der Waals surface area (Å²) >= 11 is 0. The second-order valence-corrected chi connectivity index (χ2v) is 6.38. The summed E-state index contributed by atoms with van der Waals surface area (Å²) in [7, 11) is 0. The van der Waals surface area contributed by atoms with E-state index in [0.29, 0.717) is 13.1 Å². The molecule has 5 heteroatoms. The van der Waals surface area contributed by atoms with E-state index in [2.05, 4.69) is 48.7 Å². The average molecular weight is 379 g/mol. The molecule has 0 radical (unpaired) electrons. The molecule has 0 spiro atoms. The summed E-state index contributed by atoms with van der Waals surface area (Å²) in [5.74, 6) is 0.868. The average Bonchev–Trinajstić information content (AvgIpc) is 2.67. The van der Waals surface area contributed by atoms with Crippen molar-refractivity contribution in [3.05, 3.63) is 53.7 Å². The van der Waals surface area contributed by atoms with E-state index in [1.165, 1.54) is 5.56 Å². The molecule has 2 rings (SSSR count). The maximum Gasteiger partial charge on any atom is 0.128 e. The minimum atomic E-state index is 0. The first-order chi connectivity index (χ1) is 12.8. The number of nitrogen functional groups attached to an aromatic ring is 1. The lowest BCUT2D eigenvalue weighted by Crippen LogP contribution is -2.19. The molecule has 5 N–H and O–H groups in total. The largest absolute Gasteiger partial charge is 0.399 e. The zero-order valence-corrected chi connectivity index (χ0v) is 18.4. The Labute approximate surface area is 167 Å². The Balaban J connectivity index is -0.000000368. The van der Waals surface area contributed by atoms with E-state index in [1.807, 2.05) is 58.9 Å². The number of aromatic nitrogens is 1. The van der Waals surface area contributed by atoms with Crippen LogP contribution in [0.1, 0.15) is 61.0 Å². The van der Waals surface area contributed by atoms with E-state index < -0.39 is 0 Å². The molecule has 156 valence electrons. The van der Waals surface area contributed by atoms with Crippen molar-refractivity contribution >= 4 is 11.5 Å². The van der Waals surface area contributed by atoms with Crippen LogP contribution in [0.2, 0.25) is 0 Å². The van der Waals surface area contributed by atoms with Gasteiger partial charge in [-0.15, -0.1) is 0 Å². The van der Waals surface area contributed by atoms with Gasteiger partial charge in [0.05, 0.1) is 0 Å². The van der Waals surface area contributed by atoms with Gasteiger partial charge in [-0.05, 0) is 41.7 Å². The maximum absolute atomic E-state index is 8.30. The second kappa shape index (κ2) is 16.1. The molecule has 1 aromatic heterocycles. The molecule has 27 heavy (non-hydrogen) atoms. The number of nitrogens with two attached hydrogens (primary N) is 1. The molecule has 0 aliphatic carbocycles. The summed E-state index contributed by atoms with van der Waals surface area (Å²) in [5, 5.41) is 11.4. The molecular weight excluding hydrogens is 336 g/mol. The van der Waals surface area contributed by atoms with Crippen LogP contribution in [0.4, 0.5) is 11.5 Å². The Morgan fingerprint density at radius 1 is 1.00 bits per heavy atom. The molecule has 0 saturated heterocycles. The van der Waals surface area contributed by atoms with Crippen molar-refractivity contribution in [1.82, 2.24) is 10.5 Å². The van der Waals surface area contributed by atoms with Gasteiger partial charge in [-0.1, -0.05) is 66.7 Å². The van der Waals surface area contributed by atoms with Gasteiger partial charge in [-0.2, -0.15) is 0 Å². The quantitative estimate of drug-likeness (QED) is 0.314. The third-order valence-electron chi connectivity index (χ3n) is 3.32. The summed E-state index contributed by atoms with van der Waals surface area (Å²) in [6, 6.07) is 11.9. The molecule has 0 saturated carbocycles. The number of hydrogen-bond acceptors (Lipinski definition) is 5. The lowest BCUT2D eigenvalue weighted by atomic mass is 9.87. The number of anilines is 2. The fourth-order valence-corrected chi connectivity index (χ4v) is 1.89. The van der Waals surface area contributed by atoms with Gasteiger partial charge in [0.15, 0.2) is 0 Å². The minimum Gasteiger partial charge on any atom is -0.399 e. The lowest BCUT2D eigenvalue weighted by molar-refractivity contribution is 0.171. The Morgan fingerprint density at radius 3 is 2.00 bits per heavy atom. The van der Waals surface area contributed by atoms with Crippen molar-refractivity contribution in [2.75, 3.05) is 24.1 Å². The third kappa shape index (κ3) is 12.8. The van der Waals surface area contributed by atoms with Gasteiger partial charge in [0.1, 0.15) is 5.82 Å². The highest BCUT2D eigenvalue weighted by Gasteiger charge is 2.12. The van der Waals surface area contributed by atoms with Gasteiger partial charge in [0, 0.05) is 26.4 Å². The Hall–Kier alpha value is -2.11. The predicted octanol–water partition coefficient (Wildman–Crippen LogP) is 5.65. The molecule has 0 aliphatic rings. The molecule has 0 aliphatic heterocycles. The summed E-state index contributed by atoms with van der Waals surface area (Å²) in [5.41, 5.74) is 11.1. The minimum absolute atomic E-state index is 0. The fraction of sp³-hybridized carbons (Fsp3) is 0.500. The number of aryl methyl sites for hydroxylation is 1. The van der Waals surface area contributed by atoms with Crippen LogP contribution in [0.25, 0.3) is 0 Å². The van der Waals surface area contributed by atoms with Gasteiger partial charge in [-0.3, -0.25) is 0 Å². The third-order valence-corrected chi connectivity index (χ3v) is 3.32. The first-order valence-corrected chi connectivity index (χ1v) is 9.73. The van der Waals surface area contributed by atoms with Crippen LogP contribution in [0.15, 0.2) is 42.6 Å². The van der Waals surface area contributed by atoms with Gasteiger partial charge in [0.2, 0.25) is 0 Å². The highest BCUT2D eigenvalue weighted by molar-refractivity contribution is 5.42. The summed E-state index contributed by atoms with van der Waals surface area (Å²) < 4.78 is 0. The van der Waals surface area contributed by atoms with E-state index in [4.69, 9.17) is 10.9 Å². The zero-order valence-electron chi connectivity index (χ0n) is 18.4. The number of hydroxylamine groups is 1. The van der Waals surface area contributed by atoms with E-state index in [0.717, 1.165) is 17.1 Å². The predicted molar refractivity (Wildman–Crippen MR) is 122 cm³/mol. The number of hydrogen-bond donors (Lipinski definition) is 4. The molecule has 5 nitrogen and oxygen atoms in total. The summed E-state index contributed by atoms with van der Waals surface area (Å²) in [4.78, 5) is 4.13. The van der Waals surface area contributed by atoms with E-state index in [1.54, 1.807) is 6.20 Å². The highest BCUT2D eigenvalue weighted by Crippen LogP contribution is 2.22. The van der Waals surface area contributed by atoms with Crippen LogP contribution in [-0.2, 0) is 5.41 Å². The zero-order chi connectivity index (χ0) is 21.3. The molecular formula is C22H42N4O. The Kier molecular flexibility index (Phi) is 16.2. The van der Waals surface area contributed by atoms with Crippen molar-refractivity contribution in [3.8, 4) is 0 Å². The highest BCUT2D eigenvalue weighted by atomic mass is 16.5. The van der Waals surface area contributed by atoms with Crippen LogP contribution in [0.3, 0.4) is 0 Å². The monoisotopic (exact) mass is 378 g/mol. The van der Waals surface area contributed by atoms with Crippen molar-refractivity contribution in [1.29, 1.82) is 0 Å². The van der Waals surface area contributed by atoms with Crippen LogP contribution in [-0.4, -0.2) is 23.3 Å². The van der Waals surface area contributed by atoms with Crippen molar-refractivity contribution in [3.63, 3.8) is 0 Å².